The lowest BCUT2D eigenvalue weighted by Gasteiger charge is -2.03. The van der Waals surface area contributed by atoms with Crippen LogP contribution in [-0.4, -0.2) is 29.4 Å². The smallest absolute Gasteiger partial charge is 0.435 e. The first-order valence-corrected chi connectivity index (χ1v) is 4.26. The third-order valence-corrected chi connectivity index (χ3v) is 1.81. The van der Waals surface area contributed by atoms with Crippen LogP contribution in [0.1, 0.15) is 5.69 Å². The minimum atomic E-state index is -4.50. The normalized spacial score (nSPS) is 11.3. The van der Waals surface area contributed by atoms with Gasteiger partial charge in [0.2, 0.25) is 0 Å². The maximum Gasteiger partial charge on any atom is 0.435 e. The van der Waals surface area contributed by atoms with Crippen LogP contribution in [0, 0.1) is 0 Å². The Morgan fingerprint density at radius 3 is 2.69 bits per heavy atom. The molecular weight excluding hydrogens is 227 g/mol. The molecule has 0 aliphatic rings. The Hall–Kier alpha value is -1.73. The van der Waals surface area contributed by atoms with E-state index in [0.717, 1.165) is 10.7 Å². The number of hydrogen-bond donors (Lipinski definition) is 1. The average molecular weight is 237 g/mol. The minimum absolute atomic E-state index is 0.0951. The fourth-order valence-corrected chi connectivity index (χ4v) is 1.01. The van der Waals surface area contributed by atoms with Crippen LogP contribution in [-0.2, 0) is 22.8 Å². The van der Waals surface area contributed by atoms with Crippen molar-refractivity contribution in [2.75, 3.05) is 19.0 Å². The van der Waals surface area contributed by atoms with Crippen LogP contribution in [0.25, 0.3) is 0 Å². The quantitative estimate of drug-likeness (QED) is 0.797. The van der Waals surface area contributed by atoms with Gasteiger partial charge in [0.05, 0.1) is 7.11 Å². The predicted molar refractivity (Wildman–Crippen MR) is 48.7 cm³/mol. The summed E-state index contributed by atoms with van der Waals surface area (Å²) in [5.41, 5.74) is -1.01. The number of methoxy groups -OCH3 is 1. The van der Waals surface area contributed by atoms with Crippen molar-refractivity contribution in [1.29, 1.82) is 0 Å². The fraction of sp³-hybridized carbons (Fsp3) is 0.500. The largest absolute Gasteiger partial charge is 0.468 e. The lowest BCUT2D eigenvalue weighted by Crippen LogP contribution is -2.16. The molecule has 0 fully saturated rings. The number of esters is 1. The van der Waals surface area contributed by atoms with Gasteiger partial charge >= 0.3 is 12.1 Å². The first-order chi connectivity index (χ1) is 7.34. The summed E-state index contributed by atoms with van der Waals surface area (Å²) >= 11 is 0. The van der Waals surface area contributed by atoms with E-state index in [9.17, 15) is 18.0 Å². The van der Waals surface area contributed by atoms with Crippen molar-refractivity contribution < 1.29 is 22.7 Å². The Balaban J connectivity index is 2.75. The van der Waals surface area contributed by atoms with E-state index in [1.807, 2.05) is 0 Å². The number of halogens is 3. The monoisotopic (exact) mass is 237 g/mol. The molecule has 0 spiro atoms. The van der Waals surface area contributed by atoms with Crippen molar-refractivity contribution in [3.05, 3.63) is 11.8 Å². The summed E-state index contributed by atoms with van der Waals surface area (Å²) in [6.45, 7) is -0.215. The van der Waals surface area contributed by atoms with Crippen LogP contribution in [0.2, 0.25) is 0 Å². The second-order valence-electron chi connectivity index (χ2n) is 2.97. The number of hydrogen-bond acceptors (Lipinski definition) is 4. The molecular formula is C8H10F3N3O2. The molecule has 1 N–H and O–H groups in total. The molecule has 0 atom stereocenters. The molecule has 0 amide bonds. The molecule has 5 nitrogen and oxygen atoms in total. The average Bonchev–Trinajstić information content (AvgIpc) is 2.56. The van der Waals surface area contributed by atoms with E-state index >= 15 is 0 Å². The lowest BCUT2D eigenvalue weighted by atomic mass is 10.4. The molecule has 0 aliphatic heterocycles. The molecule has 16 heavy (non-hydrogen) atoms. The molecule has 1 rings (SSSR count). The van der Waals surface area contributed by atoms with Crippen LogP contribution < -0.4 is 5.32 Å². The summed E-state index contributed by atoms with van der Waals surface area (Å²) in [4.78, 5) is 10.8. The topological polar surface area (TPSA) is 56.1 Å². The first-order valence-electron chi connectivity index (χ1n) is 4.26. The van der Waals surface area contributed by atoms with E-state index in [-0.39, 0.29) is 12.4 Å². The van der Waals surface area contributed by atoms with E-state index in [4.69, 9.17) is 0 Å². The van der Waals surface area contributed by atoms with Gasteiger partial charge in [0.15, 0.2) is 5.69 Å². The number of aromatic nitrogens is 2. The summed E-state index contributed by atoms with van der Waals surface area (Å²) in [6.07, 6.45) is -4.50. The van der Waals surface area contributed by atoms with Gasteiger partial charge < -0.3 is 10.1 Å². The highest BCUT2D eigenvalue weighted by atomic mass is 19.4. The lowest BCUT2D eigenvalue weighted by molar-refractivity contribution is -0.141. The van der Waals surface area contributed by atoms with E-state index in [2.05, 4.69) is 15.2 Å². The van der Waals surface area contributed by atoms with Gasteiger partial charge in [-0.25, -0.2) is 0 Å². The van der Waals surface area contributed by atoms with Crippen molar-refractivity contribution >= 4 is 11.8 Å². The highest BCUT2D eigenvalue weighted by Crippen LogP contribution is 2.29. The van der Waals surface area contributed by atoms with Crippen LogP contribution in [0.4, 0.5) is 19.0 Å². The number of nitrogens with zero attached hydrogens (tertiary/aromatic N) is 2. The number of rotatable bonds is 3. The number of nitrogens with one attached hydrogen (secondary N) is 1. The maximum atomic E-state index is 12.3. The zero-order valence-electron chi connectivity index (χ0n) is 8.63. The number of carbonyl (C=O) groups excluding carboxylic acids is 1. The van der Waals surface area contributed by atoms with Gasteiger partial charge in [-0.15, -0.1) is 0 Å². The zero-order valence-corrected chi connectivity index (χ0v) is 8.63. The van der Waals surface area contributed by atoms with Crippen molar-refractivity contribution in [1.82, 2.24) is 9.78 Å². The molecule has 1 heterocycles. The van der Waals surface area contributed by atoms with E-state index in [0.29, 0.717) is 0 Å². The maximum absolute atomic E-state index is 12.3. The molecule has 8 heteroatoms. The number of carbonyl (C=O) groups is 1. The zero-order chi connectivity index (χ0) is 12.3. The number of aryl methyl sites for hydroxylation is 1. The second kappa shape index (κ2) is 4.42. The van der Waals surface area contributed by atoms with Crippen molar-refractivity contribution in [2.45, 2.75) is 6.18 Å². The highest BCUT2D eigenvalue weighted by molar-refractivity contribution is 5.74. The Bertz CT molecular complexity index is 386. The Labute approximate surface area is 89.2 Å². The number of ether oxygens (including phenoxy) is 1. The van der Waals surface area contributed by atoms with Gasteiger partial charge in [-0.3, -0.25) is 9.48 Å². The summed E-state index contributed by atoms with van der Waals surface area (Å²) in [7, 11) is 2.53. The minimum Gasteiger partial charge on any atom is -0.468 e. The van der Waals surface area contributed by atoms with E-state index < -0.39 is 17.8 Å². The van der Waals surface area contributed by atoms with Crippen LogP contribution in [0.3, 0.4) is 0 Å². The summed E-state index contributed by atoms with van der Waals surface area (Å²) < 4.78 is 42.1. The standard InChI is InChI=1S/C8H10F3N3O2/c1-14-6(12-4-7(15)16-2)3-5(13-14)8(9,10)11/h3,12H,4H2,1-2H3. The summed E-state index contributed by atoms with van der Waals surface area (Å²) in [5.74, 6) is -0.479. The molecule has 0 saturated heterocycles. The van der Waals surface area contributed by atoms with Gasteiger partial charge in [0.25, 0.3) is 0 Å². The van der Waals surface area contributed by atoms with Gasteiger partial charge in [0.1, 0.15) is 12.4 Å². The van der Waals surface area contributed by atoms with Crippen LogP contribution in [0.5, 0.6) is 0 Å². The van der Waals surface area contributed by atoms with Gasteiger partial charge in [-0.05, 0) is 0 Å². The van der Waals surface area contributed by atoms with Crippen molar-refractivity contribution in [3.8, 4) is 0 Å². The molecule has 0 unspecified atom stereocenters. The molecule has 1 aromatic heterocycles. The van der Waals surface area contributed by atoms with Gasteiger partial charge in [-0.2, -0.15) is 18.3 Å². The predicted octanol–water partition coefficient (Wildman–Crippen LogP) is 1.02. The van der Waals surface area contributed by atoms with E-state index in [1.54, 1.807) is 0 Å². The second-order valence-corrected chi connectivity index (χ2v) is 2.97. The van der Waals surface area contributed by atoms with Crippen molar-refractivity contribution in [2.24, 2.45) is 7.05 Å². The Morgan fingerprint density at radius 1 is 1.62 bits per heavy atom. The summed E-state index contributed by atoms with van der Waals surface area (Å²) in [6, 6.07) is 0.822. The molecule has 0 saturated carbocycles. The SMILES string of the molecule is COC(=O)CNc1cc(C(F)(F)F)nn1C. The number of alkyl halides is 3. The summed E-state index contributed by atoms with van der Waals surface area (Å²) in [5, 5.41) is 5.74. The van der Waals surface area contributed by atoms with Crippen LogP contribution >= 0.6 is 0 Å². The van der Waals surface area contributed by atoms with Crippen LogP contribution in [0.15, 0.2) is 6.07 Å². The molecule has 0 radical (unpaired) electrons. The van der Waals surface area contributed by atoms with Crippen molar-refractivity contribution in [3.63, 3.8) is 0 Å². The Morgan fingerprint density at radius 2 is 2.25 bits per heavy atom. The molecule has 90 valence electrons. The van der Waals surface area contributed by atoms with Gasteiger partial charge in [0, 0.05) is 13.1 Å². The number of anilines is 1. The van der Waals surface area contributed by atoms with Gasteiger partial charge in [-0.1, -0.05) is 0 Å². The third kappa shape index (κ3) is 2.88. The van der Waals surface area contributed by atoms with E-state index in [1.165, 1.54) is 14.2 Å². The first kappa shape index (κ1) is 12.3. The highest BCUT2D eigenvalue weighted by Gasteiger charge is 2.34. The Kier molecular flexibility index (Phi) is 3.41. The molecule has 0 aromatic carbocycles. The molecule has 0 aliphatic carbocycles. The third-order valence-electron chi connectivity index (χ3n) is 1.81. The molecule has 0 bridgehead atoms. The fourth-order valence-electron chi connectivity index (χ4n) is 1.01. The molecule has 1 aromatic rings.